The van der Waals surface area contributed by atoms with Crippen molar-refractivity contribution in [1.82, 2.24) is 9.97 Å². The Kier molecular flexibility index (Phi) is 3.70. The Hall–Kier alpha value is -0.350. The van der Waals surface area contributed by atoms with Crippen LogP contribution in [-0.2, 0) is 0 Å². The molecule has 1 aromatic carbocycles. The lowest BCUT2D eigenvalue weighted by molar-refractivity contribution is 1.18. The van der Waals surface area contributed by atoms with E-state index in [0.717, 1.165) is 4.47 Å². The first-order valence-corrected chi connectivity index (χ1v) is 6.14. The van der Waals surface area contributed by atoms with Crippen LogP contribution in [0.25, 0.3) is 11.4 Å². The first kappa shape index (κ1) is 12.1. The van der Waals surface area contributed by atoms with Crippen LogP contribution in [0.5, 0.6) is 0 Å². The predicted molar refractivity (Wildman–Crippen MR) is 70.2 cm³/mol. The van der Waals surface area contributed by atoms with E-state index >= 15 is 0 Å². The maximum Gasteiger partial charge on any atom is 0.164 e. The molecule has 2 nitrogen and oxygen atoms in total. The second kappa shape index (κ2) is 4.88. The highest BCUT2D eigenvalue weighted by Crippen LogP contribution is 2.29. The van der Waals surface area contributed by atoms with Crippen LogP contribution in [0.1, 0.15) is 0 Å². The van der Waals surface area contributed by atoms with Gasteiger partial charge in [-0.05, 0) is 18.2 Å². The number of nitrogens with zero attached hydrogens (tertiary/aromatic N) is 2. The average Bonchev–Trinajstić information content (AvgIpc) is 2.20. The van der Waals surface area contributed by atoms with E-state index in [4.69, 9.17) is 34.8 Å². The predicted octanol–water partition coefficient (Wildman–Crippen LogP) is 4.87. The van der Waals surface area contributed by atoms with Gasteiger partial charge >= 0.3 is 0 Å². The molecule has 0 saturated carbocycles. The van der Waals surface area contributed by atoms with Crippen LogP contribution in [0, 0.1) is 0 Å². The number of hydrogen-bond acceptors (Lipinski definition) is 2. The zero-order chi connectivity index (χ0) is 11.7. The minimum absolute atomic E-state index is 0.283. The molecule has 0 aliphatic rings. The molecular weight excluding hydrogens is 334 g/mol. The number of aromatic nitrogens is 2. The Bertz CT molecular complexity index is 525. The van der Waals surface area contributed by atoms with Gasteiger partial charge in [0, 0.05) is 16.1 Å². The van der Waals surface area contributed by atoms with Crippen LogP contribution in [0.15, 0.2) is 28.7 Å². The minimum Gasteiger partial charge on any atom is -0.216 e. The summed E-state index contributed by atoms with van der Waals surface area (Å²) in [7, 11) is 0. The summed E-state index contributed by atoms with van der Waals surface area (Å²) in [5.41, 5.74) is 0.681. The normalized spacial score (nSPS) is 10.5. The molecule has 6 heteroatoms. The number of benzene rings is 1. The molecule has 0 bridgehead atoms. The highest BCUT2D eigenvalue weighted by molar-refractivity contribution is 9.10. The quantitative estimate of drug-likeness (QED) is 0.694. The summed E-state index contributed by atoms with van der Waals surface area (Å²) in [4.78, 5) is 8.14. The third kappa shape index (κ3) is 2.66. The Morgan fingerprint density at radius 3 is 2.19 bits per heavy atom. The summed E-state index contributed by atoms with van der Waals surface area (Å²) in [5, 5.41) is 1.11. The molecule has 82 valence electrons. The van der Waals surface area contributed by atoms with Crippen molar-refractivity contribution in [3.05, 3.63) is 44.1 Å². The van der Waals surface area contributed by atoms with Gasteiger partial charge in [0.25, 0.3) is 0 Å². The van der Waals surface area contributed by atoms with Crippen molar-refractivity contribution in [2.45, 2.75) is 0 Å². The SMILES string of the molecule is Clc1cc(Cl)nc(-c2cc(Br)ccc2Cl)n1. The molecule has 0 aliphatic heterocycles. The molecular formula is C10H4BrCl3N2. The highest BCUT2D eigenvalue weighted by atomic mass is 79.9. The van der Waals surface area contributed by atoms with Crippen molar-refractivity contribution < 1.29 is 0 Å². The molecule has 1 heterocycles. The van der Waals surface area contributed by atoms with Crippen LogP contribution >= 0.6 is 50.7 Å². The molecule has 0 N–H and O–H groups in total. The van der Waals surface area contributed by atoms with Gasteiger partial charge in [-0.3, -0.25) is 0 Å². The van der Waals surface area contributed by atoms with Crippen LogP contribution < -0.4 is 0 Å². The van der Waals surface area contributed by atoms with E-state index in [9.17, 15) is 0 Å². The van der Waals surface area contributed by atoms with E-state index in [1.165, 1.54) is 6.07 Å². The van der Waals surface area contributed by atoms with Crippen molar-refractivity contribution in [2.75, 3.05) is 0 Å². The second-order valence-electron chi connectivity index (χ2n) is 2.96. The van der Waals surface area contributed by atoms with Gasteiger partial charge in [0.1, 0.15) is 10.3 Å². The van der Waals surface area contributed by atoms with Gasteiger partial charge in [0.05, 0.1) is 5.02 Å². The van der Waals surface area contributed by atoms with Gasteiger partial charge in [0.2, 0.25) is 0 Å². The Morgan fingerprint density at radius 2 is 1.56 bits per heavy atom. The monoisotopic (exact) mass is 336 g/mol. The summed E-state index contributed by atoms with van der Waals surface area (Å²) < 4.78 is 0.881. The number of hydrogen-bond donors (Lipinski definition) is 0. The first-order chi connectivity index (χ1) is 7.56. The third-order valence-electron chi connectivity index (χ3n) is 1.83. The fraction of sp³-hybridized carbons (Fsp3) is 0. The lowest BCUT2D eigenvalue weighted by atomic mass is 10.2. The standard InChI is InChI=1S/C10H4BrCl3N2/c11-5-1-2-7(12)6(3-5)10-15-8(13)4-9(14)16-10/h1-4H. The lowest BCUT2D eigenvalue weighted by Crippen LogP contribution is -1.91. The Morgan fingerprint density at radius 1 is 0.938 bits per heavy atom. The maximum atomic E-state index is 6.05. The average molecular weight is 338 g/mol. The maximum absolute atomic E-state index is 6.05. The van der Waals surface area contributed by atoms with E-state index in [0.29, 0.717) is 16.4 Å². The summed E-state index contributed by atoms with van der Waals surface area (Å²) in [5.74, 6) is 0.406. The molecule has 0 saturated heterocycles. The highest BCUT2D eigenvalue weighted by Gasteiger charge is 2.09. The van der Waals surface area contributed by atoms with Crippen LogP contribution in [-0.4, -0.2) is 9.97 Å². The summed E-state index contributed by atoms with van der Waals surface area (Å²) in [6.45, 7) is 0. The van der Waals surface area contributed by atoms with Gasteiger partial charge in [0.15, 0.2) is 5.82 Å². The van der Waals surface area contributed by atoms with Crippen molar-refractivity contribution in [2.24, 2.45) is 0 Å². The fourth-order valence-corrected chi connectivity index (χ4v) is 2.17. The van der Waals surface area contributed by atoms with Crippen LogP contribution in [0.3, 0.4) is 0 Å². The zero-order valence-electron chi connectivity index (χ0n) is 7.72. The van der Waals surface area contributed by atoms with Gasteiger partial charge in [-0.15, -0.1) is 0 Å². The van der Waals surface area contributed by atoms with E-state index in [1.807, 2.05) is 12.1 Å². The topological polar surface area (TPSA) is 25.8 Å². The van der Waals surface area contributed by atoms with Gasteiger partial charge in [-0.2, -0.15) is 0 Å². The second-order valence-corrected chi connectivity index (χ2v) is 5.06. The van der Waals surface area contributed by atoms with E-state index < -0.39 is 0 Å². The van der Waals surface area contributed by atoms with E-state index in [1.54, 1.807) is 6.07 Å². The minimum atomic E-state index is 0.283. The number of halogens is 4. The number of rotatable bonds is 1. The van der Waals surface area contributed by atoms with Gasteiger partial charge < -0.3 is 0 Å². The zero-order valence-corrected chi connectivity index (χ0v) is 11.6. The third-order valence-corrected chi connectivity index (χ3v) is 3.04. The first-order valence-electron chi connectivity index (χ1n) is 4.22. The molecule has 0 atom stereocenters. The molecule has 0 radical (unpaired) electrons. The summed E-state index contributed by atoms with van der Waals surface area (Å²) >= 11 is 21.0. The lowest BCUT2D eigenvalue weighted by Gasteiger charge is -2.04. The molecule has 0 fully saturated rings. The van der Waals surface area contributed by atoms with Crippen molar-refractivity contribution in [3.63, 3.8) is 0 Å². The van der Waals surface area contributed by atoms with Gasteiger partial charge in [-0.25, -0.2) is 9.97 Å². The van der Waals surface area contributed by atoms with Crippen molar-refractivity contribution in [1.29, 1.82) is 0 Å². The molecule has 0 aliphatic carbocycles. The molecule has 2 aromatic rings. The van der Waals surface area contributed by atoms with E-state index in [2.05, 4.69) is 25.9 Å². The molecule has 0 amide bonds. The molecule has 2 rings (SSSR count). The summed E-state index contributed by atoms with van der Waals surface area (Å²) in [6.07, 6.45) is 0. The fourth-order valence-electron chi connectivity index (χ4n) is 1.18. The Labute approximate surface area is 116 Å². The van der Waals surface area contributed by atoms with Crippen LogP contribution in [0.4, 0.5) is 0 Å². The molecule has 16 heavy (non-hydrogen) atoms. The smallest absolute Gasteiger partial charge is 0.164 e. The summed E-state index contributed by atoms with van der Waals surface area (Å²) in [6, 6.07) is 6.86. The van der Waals surface area contributed by atoms with Crippen LogP contribution in [0.2, 0.25) is 15.3 Å². The molecule has 0 spiro atoms. The Balaban J connectivity index is 2.62. The largest absolute Gasteiger partial charge is 0.216 e. The van der Waals surface area contributed by atoms with Crippen molar-refractivity contribution >= 4 is 50.7 Å². The van der Waals surface area contributed by atoms with Gasteiger partial charge in [-0.1, -0.05) is 50.7 Å². The molecule has 0 unspecified atom stereocenters. The van der Waals surface area contributed by atoms with Crippen molar-refractivity contribution in [3.8, 4) is 11.4 Å². The van der Waals surface area contributed by atoms with E-state index in [-0.39, 0.29) is 10.3 Å². The molecule has 1 aromatic heterocycles.